The van der Waals surface area contributed by atoms with E-state index in [0.717, 1.165) is 0 Å². The van der Waals surface area contributed by atoms with Crippen LogP contribution in [0.15, 0.2) is 224 Å². The molecule has 0 amide bonds. The van der Waals surface area contributed by atoms with E-state index in [1.807, 2.05) is 0 Å². The van der Waals surface area contributed by atoms with Crippen molar-refractivity contribution in [3.8, 4) is 72.4 Å². The zero-order valence-electron chi connectivity index (χ0n) is 34.3. The molecule has 0 bridgehead atoms. The fourth-order valence-electron chi connectivity index (χ4n) is 11.2. The standard InChI is InChI=1S/C60H37BN2/c1-5-16-38(17-6-1)42-28-30-54-51(35-42)52-36-45(41-22-11-4-12-23-41)37-53-60(52)62(54)56-31-29-47(46-33-43(39-18-7-2-8-19-39)32-44(34-46)40-20-9-3-10-21-40)57-50-26-15-25-49-48-24-13-14-27-55(48)63(59(49)50)61(53)58(56)57/h1-37H. The van der Waals surface area contributed by atoms with Crippen LogP contribution < -0.4 is 10.9 Å². The molecule has 0 aliphatic carbocycles. The van der Waals surface area contributed by atoms with Crippen LogP contribution in [0.4, 0.5) is 0 Å². The van der Waals surface area contributed by atoms with Crippen molar-refractivity contribution in [2.45, 2.75) is 0 Å². The summed E-state index contributed by atoms with van der Waals surface area (Å²) >= 11 is 0. The Morgan fingerprint density at radius 1 is 0.302 bits per heavy atom. The van der Waals surface area contributed by atoms with Gasteiger partial charge in [-0.2, -0.15) is 0 Å². The van der Waals surface area contributed by atoms with Crippen LogP contribution in [0, 0.1) is 0 Å². The van der Waals surface area contributed by atoms with E-state index in [1.54, 1.807) is 0 Å². The first-order valence-electron chi connectivity index (χ1n) is 22.0. The third-order valence-electron chi connectivity index (χ3n) is 13.9. The van der Waals surface area contributed by atoms with Gasteiger partial charge in [0.25, 0.3) is 0 Å². The summed E-state index contributed by atoms with van der Waals surface area (Å²) in [6, 6.07) is 83.5. The monoisotopic (exact) mass is 796 g/mol. The molecular weight excluding hydrogens is 759 g/mol. The Morgan fingerprint density at radius 3 is 1.52 bits per heavy atom. The molecule has 10 aromatic carbocycles. The Balaban J connectivity index is 1.15. The second-order valence-corrected chi connectivity index (χ2v) is 17.2. The molecule has 0 radical (unpaired) electrons. The maximum atomic E-state index is 2.69. The molecule has 3 heteroatoms. The maximum absolute atomic E-state index is 2.69. The minimum absolute atomic E-state index is 0.0743. The van der Waals surface area contributed by atoms with Crippen LogP contribution in [-0.4, -0.2) is 15.9 Å². The molecule has 14 rings (SSSR count). The molecule has 0 atom stereocenters. The normalized spacial score (nSPS) is 12.4. The van der Waals surface area contributed by atoms with Crippen LogP contribution in [0.2, 0.25) is 0 Å². The molecule has 12 aromatic rings. The molecule has 2 aliphatic heterocycles. The van der Waals surface area contributed by atoms with Crippen molar-refractivity contribution in [3.63, 3.8) is 0 Å². The molecule has 0 N–H and O–H groups in total. The zero-order valence-corrected chi connectivity index (χ0v) is 34.3. The van der Waals surface area contributed by atoms with E-state index in [0.29, 0.717) is 0 Å². The van der Waals surface area contributed by atoms with Crippen molar-refractivity contribution in [2.24, 2.45) is 0 Å². The molecule has 2 aromatic heterocycles. The smallest absolute Gasteiger partial charge is 0.333 e. The molecule has 0 fully saturated rings. The first-order chi connectivity index (χ1) is 31.3. The second kappa shape index (κ2) is 13.2. The van der Waals surface area contributed by atoms with Gasteiger partial charge in [-0.15, -0.1) is 0 Å². The SMILES string of the molecule is c1ccc(-c2cc(-c3ccccc3)cc(-c3ccc4c5c3-c3cccc6c7ccccc7n(c36)B5c3cc(-c5ccccc5)cc5c6cc(-c7ccccc7)ccc6n-4c35)c2)cc1. The molecule has 0 spiro atoms. The summed E-state index contributed by atoms with van der Waals surface area (Å²) in [5, 5.41) is 5.13. The third kappa shape index (κ3) is 4.96. The Morgan fingerprint density at radius 2 is 0.857 bits per heavy atom. The third-order valence-corrected chi connectivity index (χ3v) is 13.9. The summed E-state index contributed by atoms with van der Waals surface area (Å²) in [5.41, 5.74) is 23.8. The van der Waals surface area contributed by atoms with Gasteiger partial charge in [0.05, 0.1) is 11.0 Å². The Hall–Kier alpha value is -8.14. The van der Waals surface area contributed by atoms with Gasteiger partial charge in [-0.05, 0) is 121 Å². The van der Waals surface area contributed by atoms with E-state index in [4.69, 9.17) is 0 Å². The van der Waals surface area contributed by atoms with Gasteiger partial charge in [0.15, 0.2) is 0 Å². The fraction of sp³-hybridized carbons (Fsp3) is 0. The Kier molecular flexibility index (Phi) is 7.23. The van der Waals surface area contributed by atoms with E-state index >= 15 is 0 Å². The van der Waals surface area contributed by atoms with Crippen molar-refractivity contribution in [2.75, 3.05) is 0 Å². The highest BCUT2D eigenvalue weighted by Gasteiger charge is 2.42. The number of rotatable bonds is 5. The van der Waals surface area contributed by atoms with Gasteiger partial charge in [0.1, 0.15) is 0 Å². The lowest BCUT2D eigenvalue weighted by Crippen LogP contribution is -2.55. The van der Waals surface area contributed by atoms with Crippen molar-refractivity contribution < 1.29 is 0 Å². The molecule has 0 saturated carbocycles. The number of benzene rings is 10. The summed E-state index contributed by atoms with van der Waals surface area (Å²) in [6.45, 7) is -0.0743. The average molecular weight is 797 g/mol. The molecule has 2 aliphatic rings. The molecule has 63 heavy (non-hydrogen) atoms. The molecule has 0 unspecified atom stereocenters. The first-order valence-corrected chi connectivity index (χ1v) is 22.0. The fourth-order valence-corrected chi connectivity index (χ4v) is 11.2. The number of hydrogen-bond donors (Lipinski definition) is 0. The molecule has 2 nitrogen and oxygen atoms in total. The van der Waals surface area contributed by atoms with Crippen molar-refractivity contribution in [3.05, 3.63) is 224 Å². The van der Waals surface area contributed by atoms with E-state index in [-0.39, 0.29) is 6.85 Å². The predicted molar refractivity (Wildman–Crippen MR) is 267 cm³/mol. The molecule has 4 heterocycles. The van der Waals surface area contributed by atoms with E-state index in [2.05, 4.69) is 234 Å². The second-order valence-electron chi connectivity index (χ2n) is 17.2. The topological polar surface area (TPSA) is 9.86 Å². The number of fused-ring (bicyclic) bond motifs is 10. The lowest BCUT2D eigenvalue weighted by Gasteiger charge is -2.35. The van der Waals surface area contributed by atoms with Crippen LogP contribution in [-0.2, 0) is 0 Å². The number of aromatic nitrogens is 2. The van der Waals surface area contributed by atoms with Crippen LogP contribution in [0.1, 0.15) is 0 Å². The summed E-state index contributed by atoms with van der Waals surface area (Å²) in [7, 11) is 0. The van der Waals surface area contributed by atoms with Crippen molar-refractivity contribution in [1.82, 2.24) is 9.05 Å². The number of nitrogens with zero attached hydrogens (tertiary/aromatic N) is 2. The minimum Gasteiger partial charge on any atom is -0.375 e. The lowest BCUT2D eigenvalue weighted by atomic mass is 9.45. The molecule has 0 saturated heterocycles. The Labute approximate surface area is 365 Å². The van der Waals surface area contributed by atoms with Gasteiger partial charge < -0.3 is 9.05 Å². The summed E-state index contributed by atoms with van der Waals surface area (Å²) < 4.78 is 5.28. The van der Waals surface area contributed by atoms with Crippen LogP contribution >= 0.6 is 0 Å². The highest BCUT2D eigenvalue weighted by atomic mass is 15.0. The maximum Gasteiger partial charge on any atom is 0.333 e. The van der Waals surface area contributed by atoms with Gasteiger partial charge >= 0.3 is 6.85 Å². The first kappa shape index (κ1) is 34.6. The quantitative estimate of drug-likeness (QED) is 0.154. The average Bonchev–Trinajstić information content (AvgIpc) is 3.88. The molecule has 290 valence electrons. The summed E-state index contributed by atoms with van der Waals surface area (Å²) in [4.78, 5) is 0. The summed E-state index contributed by atoms with van der Waals surface area (Å²) in [5.74, 6) is 0. The van der Waals surface area contributed by atoms with Gasteiger partial charge in [-0.25, -0.2) is 0 Å². The molecular formula is C60H37BN2. The van der Waals surface area contributed by atoms with E-state index < -0.39 is 0 Å². The van der Waals surface area contributed by atoms with Crippen LogP contribution in [0.25, 0.3) is 116 Å². The van der Waals surface area contributed by atoms with Crippen molar-refractivity contribution >= 4 is 61.4 Å². The van der Waals surface area contributed by atoms with Gasteiger partial charge in [-0.1, -0.05) is 176 Å². The predicted octanol–water partition coefficient (Wildman–Crippen LogP) is 14.2. The number of para-hydroxylation sites is 2. The van der Waals surface area contributed by atoms with Crippen molar-refractivity contribution in [1.29, 1.82) is 0 Å². The highest BCUT2D eigenvalue weighted by molar-refractivity contribution is 6.90. The largest absolute Gasteiger partial charge is 0.375 e. The van der Waals surface area contributed by atoms with Gasteiger partial charge in [0, 0.05) is 43.8 Å². The van der Waals surface area contributed by atoms with E-state index in [9.17, 15) is 0 Å². The van der Waals surface area contributed by atoms with Crippen LogP contribution in [0.5, 0.6) is 0 Å². The Bertz CT molecular complexity index is 3770. The van der Waals surface area contributed by atoms with E-state index in [1.165, 1.54) is 127 Å². The zero-order chi connectivity index (χ0) is 41.2. The highest BCUT2D eigenvalue weighted by Crippen LogP contribution is 2.48. The lowest BCUT2D eigenvalue weighted by molar-refractivity contribution is 1.17. The number of hydrogen-bond acceptors (Lipinski definition) is 0. The van der Waals surface area contributed by atoms with Gasteiger partial charge in [-0.3, -0.25) is 0 Å². The van der Waals surface area contributed by atoms with Gasteiger partial charge in [0.2, 0.25) is 0 Å². The minimum atomic E-state index is -0.0743. The summed E-state index contributed by atoms with van der Waals surface area (Å²) in [6.07, 6.45) is 0. The van der Waals surface area contributed by atoms with Crippen LogP contribution in [0.3, 0.4) is 0 Å².